The fourth-order valence-corrected chi connectivity index (χ4v) is 6.13. The van der Waals surface area contributed by atoms with Crippen LogP contribution >= 0.6 is 22.9 Å². The molecule has 0 aliphatic carbocycles. The molecule has 11 nitrogen and oxygen atoms in total. The molecule has 0 saturated carbocycles. The summed E-state index contributed by atoms with van der Waals surface area (Å²) in [5.41, 5.74) is 1.79. The monoisotopic (exact) mass is 584 g/mol. The molecule has 1 aromatic heterocycles. The third-order valence-electron chi connectivity index (χ3n) is 6.77. The SMILES string of the molecule is COC(=O)C1=C(C)N=c2s/c(=C\c3cc([N+](=O)[O-])ccc3N3CCOCC3)c(=O)n2[C@@H]1c1cc(Cl)ccc1OC. The van der Waals surface area contributed by atoms with Crippen LogP contribution in [0, 0.1) is 10.1 Å². The van der Waals surface area contributed by atoms with Crippen LogP contribution in [0.3, 0.4) is 0 Å². The number of allylic oxidation sites excluding steroid dienone is 1. The number of benzene rings is 2. The van der Waals surface area contributed by atoms with Gasteiger partial charge in [0, 0.05) is 47.1 Å². The van der Waals surface area contributed by atoms with Crippen LogP contribution in [0.5, 0.6) is 5.75 Å². The standard InChI is InChI=1S/C27H25ClN4O7S/c1-15-23(26(34)38-3)24(19-14-17(28)4-7-21(19)37-2)31-25(33)22(40-27(31)29-15)13-16-12-18(32(35)36)5-6-20(16)30-8-10-39-11-9-30/h4-7,12-14,24H,8-11H2,1-3H3/b22-13-/t24-/m1/s1. The van der Waals surface area contributed by atoms with Crippen LogP contribution in [-0.4, -0.2) is 56.0 Å². The number of esters is 1. The lowest BCUT2D eigenvalue weighted by molar-refractivity contribution is -0.384. The van der Waals surface area contributed by atoms with Crippen molar-refractivity contribution in [3.8, 4) is 5.75 Å². The van der Waals surface area contributed by atoms with Gasteiger partial charge in [0.05, 0.1) is 48.2 Å². The number of carbonyl (C=O) groups excluding carboxylic acids is 1. The van der Waals surface area contributed by atoms with Crippen molar-refractivity contribution in [2.75, 3.05) is 45.4 Å². The van der Waals surface area contributed by atoms with E-state index in [1.807, 2.05) is 0 Å². The first-order valence-electron chi connectivity index (χ1n) is 12.3. The lowest BCUT2D eigenvalue weighted by atomic mass is 9.95. The molecule has 3 aromatic rings. The van der Waals surface area contributed by atoms with E-state index in [4.69, 9.17) is 25.8 Å². The van der Waals surface area contributed by atoms with Crippen molar-refractivity contribution in [3.05, 3.63) is 93.6 Å². The minimum Gasteiger partial charge on any atom is -0.496 e. The number of non-ortho nitro benzene ring substituents is 1. The van der Waals surface area contributed by atoms with Gasteiger partial charge in [-0.2, -0.15) is 0 Å². The Bertz CT molecular complexity index is 1720. The van der Waals surface area contributed by atoms with Gasteiger partial charge in [-0.15, -0.1) is 0 Å². The summed E-state index contributed by atoms with van der Waals surface area (Å²) in [4.78, 5) is 45.1. The van der Waals surface area contributed by atoms with E-state index < -0.39 is 22.5 Å². The lowest BCUT2D eigenvalue weighted by Gasteiger charge is -2.30. The van der Waals surface area contributed by atoms with Crippen LogP contribution in [-0.2, 0) is 14.3 Å². The van der Waals surface area contributed by atoms with Crippen LogP contribution in [0.2, 0.25) is 5.02 Å². The minimum absolute atomic E-state index is 0.0959. The van der Waals surface area contributed by atoms with Crippen molar-refractivity contribution in [1.29, 1.82) is 0 Å². The molecule has 2 aromatic carbocycles. The van der Waals surface area contributed by atoms with Crippen LogP contribution < -0.4 is 24.5 Å². The zero-order chi connectivity index (χ0) is 28.6. The molecule has 0 radical (unpaired) electrons. The molecule has 1 atom stereocenters. The van der Waals surface area contributed by atoms with Gasteiger partial charge < -0.3 is 19.1 Å². The highest BCUT2D eigenvalue weighted by molar-refractivity contribution is 7.07. The Morgan fingerprint density at radius 2 is 1.98 bits per heavy atom. The average molecular weight is 585 g/mol. The van der Waals surface area contributed by atoms with E-state index in [-0.39, 0.29) is 11.3 Å². The minimum atomic E-state index is -0.927. The predicted molar refractivity (Wildman–Crippen MR) is 150 cm³/mol. The molecule has 5 rings (SSSR count). The number of hydrogen-bond donors (Lipinski definition) is 0. The molecule has 0 N–H and O–H groups in total. The molecule has 2 aliphatic heterocycles. The molecule has 0 bridgehead atoms. The second-order valence-corrected chi connectivity index (χ2v) is 10.5. The second-order valence-electron chi connectivity index (χ2n) is 9.06. The number of hydrogen-bond acceptors (Lipinski definition) is 10. The smallest absolute Gasteiger partial charge is 0.338 e. The molecule has 0 spiro atoms. The van der Waals surface area contributed by atoms with Gasteiger partial charge in [-0.3, -0.25) is 19.5 Å². The quantitative estimate of drug-likeness (QED) is 0.246. The van der Waals surface area contributed by atoms with Crippen molar-refractivity contribution in [3.63, 3.8) is 0 Å². The van der Waals surface area contributed by atoms with Gasteiger partial charge >= 0.3 is 5.97 Å². The number of halogens is 1. The van der Waals surface area contributed by atoms with Gasteiger partial charge in [0.25, 0.3) is 11.2 Å². The highest BCUT2D eigenvalue weighted by atomic mass is 35.5. The average Bonchev–Trinajstić information content (AvgIpc) is 3.26. The Morgan fingerprint density at radius 3 is 2.65 bits per heavy atom. The largest absolute Gasteiger partial charge is 0.496 e. The summed E-state index contributed by atoms with van der Waals surface area (Å²) in [7, 11) is 2.75. The number of fused-ring (bicyclic) bond motifs is 1. The number of rotatable bonds is 6. The highest BCUT2D eigenvalue weighted by Gasteiger charge is 2.35. The summed E-state index contributed by atoms with van der Waals surface area (Å²) in [5.74, 6) is -0.218. The first-order valence-corrected chi connectivity index (χ1v) is 13.5. The molecular formula is C27H25ClN4O7S. The molecular weight excluding hydrogens is 560 g/mol. The van der Waals surface area contributed by atoms with Gasteiger partial charge in [-0.05, 0) is 37.3 Å². The molecule has 208 valence electrons. The fourth-order valence-electron chi connectivity index (χ4n) is 4.91. The summed E-state index contributed by atoms with van der Waals surface area (Å²) in [6.45, 7) is 3.93. The Balaban J connectivity index is 1.76. The molecule has 3 heterocycles. The van der Waals surface area contributed by atoms with E-state index in [2.05, 4.69) is 9.89 Å². The summed E-state index contributed by atoms with van der Waals surface area (Å²) < 4.78 is 17.8. The Morgan fingerprint density at radius 1 is 1.23 bits per heavy atom. The van der Waals surface area contributed by atoms with E-state index in [1.54, 1.807) is 37.3 Å². The van der Waals surface area contributed by atoms with Crippen molar-refractivity contribution >= 4 is 46.4 Å². The summed E-state index contributed by atoms with van der Waals surface area (Å²) in [6, 6.07) is 8.61. The molecule has 40 heavy (non-hydrogen) atoms. The van der Waals surface area contributed by atoms with E-state index in [9.17, 15) is 19.7 Å². The van der Waals surface area contributed by atoms with Gasteiger partial charge in [0.15, 0.2) is 4.80 Å². The Hall–Kier alpha value is -4.00. The van der Waals surface area contributed by atoms with Gasteiger partial charge in [0.2, 0.25) is 0 Å². The lowest BCUT2D eigenvalue weighted by Crippen LogP contribution is -2.40. The van der Waals surface area contributed by atoms with Crippen molar-refractivity contribution in [1.82, 2.24) is 4.57 Å². The van der Waals surface area contributed by atoms with Crippen LogP contribution in [0.4, 0.5) is 11.4 Å². The molecule has 0 amide bonds. The van der Waals surface area contributed by atoms with E-state index in [0.29, 0.717) is 63.2 Å². The van der Waals surface area contributed by atoms with Crippen molar-refractivity contribution in [2.45, 2.75) is 13.0 Å². The van der Waals surface area contributed by atoms with Gasteiger partial charge in [0.1, 0.15) is 11.8 Å². The zero-order valence-electron chi connectivity index (χ0n) is 21.9. The Labute approximate surface area is 237 Å². The third kappa shape index (κ3) is 5.01. The first kappa shape index (κ1) is 27.6. The highest BCUT2D eigenvalue weighted by Crippen LogP contribution is 2.37. The number of carbonyl (C=O) groups is 1. The number of morpholine rings is 1. The fraction of sp³-hybridized carbons (Fsp3) is 0.296. The maximum absolute atomic E-state index is 14.0. The van der Waals surface area contributed by atoms with Gasteiger partial charge in [-0.1, -0.05) is 22.9 Å². The summed E-state index contributed by atoms with van der Waals surface area (Å²) >= 11 is 7.45. The number of anilines is 1. The second kappa shape index (κ2) is 11.2. The number of methoxy groups -OCH3 is 2. The molecule has 2 aliphatic rings. The van der Waals surface area contributed by atoms with Crippen molar-refractivity contribution in [2.24, 2.45) is 4.99 Å². The summed E-state index contributed by atoms with van der Waals surface area (Å²) in [5, 5.41) is 12.0. The van der Waals surface area contributed by atoms with Crippen molar-refractivity contribution < 1.29 is 23.9 Å². The van der Waals surface area contributed by atoms with E-state index >= 15 is 0 Å². The number of ether oxygens (including phenoxy) is 3. The van der Waals surface area contributed by atoms with E-state index in [1.165, 1.54) is 30.9 Å². The zero-order valence-corrected chi connectivity index (χ0v) is 23.5. The third-order valence-corrected chi connectivity index (χ3v) is 7.99. The van der Waals surface area contributed by atoms with Crippen LogP contribution in [0.15, 0.2) is 57.5 Å². The number of thiazole rings is 1. The predicted octanol–water partition coefficient (Wildman–Crippen LogP) is 2.82. The van der Waals surface area contributed by atoms with Gasteiger partial charge in [-0.25, -0.2) is 9.79 Å². The molecule has 1 fully saturated rings. The number of nitro groups is 1. The maximum atomic E-state index is 14.0. The molecule has 1 saturated heterocycles. The Kier molecular flexibility index (Phi) is 7.74. The van der Waals surface area contributed by atoms with Crippen LogP contribution in [0.1, 0.15) is 24.1 Å². The number of aromatic nitrogens is 1. The van der Waals surface area contributed by atoms with Crippen LogP contribution in [0.25, 0.3) is 6.08 Å². The molecule has 0 unspecified atom stereocenters. The normalized spacial score (nSPS) is 17.4. The summed E-state index contributed by atoms with van der Waals surface area (Å²) in [6.07, 6.45) is 1.63. The number of nitrogens with zero attached hydrogens (tertiary/aromatic N) is 4. The maximum Gasteiger partial charge on any atom is 0.338 e. The molecule has 13 heteroatoms. The van der Waals surface area contributed by atoms with E-state index in [0.717, 1.165) is 17.0 Å². The number of nitro benzene ring substituents is 1. The topological polar surface area (TPSA) is 126 Å². The first-order chi connectivity index (χ1) is 19.2.